The van der Waals surface area contributed by atoms with Crippen LogP contribution in [-0.4, -0.2) is 94.1 Å². The van der Waals surface area contributed by atoms with Gasteiger partial charge in [-0.05, 0) is 115 Å². The van der Waals surface area contributed by atoms with Crippen LogP contribution in [0.5, 0.6) is 11.5 Å². The number of hydrogen-bond acceptors (Lipinski definition) is 8. The molecule has 0 unspecified atom stereocenters. The zero-order valence-electron chi connectivity index (χ0n) is 31.7. The third-order valence-corrected chi connectivity index (χ3v) is 11.1. The van der Waals surface area contributed by atoms with Crippen LogP contribution in [0.1, 0.15) is 78.1 Å². The fourth-order valence-corrected chi connectivity index (χ4v) is 8.10. The summed E-state index contributed by atoms with van der Waals surface area (Å²) in [6.07, 6.45) is 2.40. The van der Waals surface area contributed by atoms with Gasteiger partial charge in [-0.25, -0.2) is 4.79 Å². The third kappa shape index (κ3) is 8.33. The van der Waals surface area contributed by atoms with Crippen molar-refractivity contribution in [2.75, 3.05) is 44.2 Å². The molecule has 3 aliphatic heterocycles. The number of fused-ring (bicyclic) bond motifs is 1. The summed E-state index contributed by atoms with van der Waals surface area (Å²) >= 11 is 0. The highest BCUT2D eigenvalue weighted by molar-refractivity contribution is 6.13. The number of carbonyl (C=O) groups is 4. The number of rotatable bonds is 13. The monoisotopic (exact) mass is 756 g/mol. The molecule has 0 aliphatic carbocycles. The van der Waals surface area contributed by atoms with Gasteiger partial charge in [-0.2, -0.15) is 4.90 Å². The molecule has 290 valence electrons. The van der Waals surface area contributed by atoms with Crippen LogP contribution < -0.4 is 9.64 Å². The highest BCUT2D eigenvalue weighted by atomic mass is 16.5. The van der Waals surface area contributed by atoms with Gasteiger partial charge in [-0.15, -0.1) is 0 Å². The molecule has 1 atom stereocenters. The van der Waals surface area contributed by atoms with Gasteiger partial charge in [0.2, 0.25) is 5.91 Å². The van der Waals surface area contributed by atoms with E-state index in [-0.39, 0.29) is 35.9 Å². The van der Waals surface area contributed by atoms with Crippen LogP contribution in [-0.2, 0) is 16.1 Å². The van der Waals surface area contributed by atoms with Gasteiger partial charge in [0, 0.05) is 50.4 Å². The molecule has 2 N–H and O–H groups in total. The SMILES string of the molecule is CCC(=C(c1ccc(O)cc1)c1ccc(OCCCCCN2CCN(c3ccc4c(c3)CN([C@H]3CCC(=O)N(C(=O)O)C3=O)C4=O)CC2)cc1)c1ccccc1. The van der Waals surface area contributed by atoms with E-state index in [0.29, 0.717) is 12.2 Å². The highest BCUT2D eigenvalue weighted by Gasteiger charge is 2.45. The van der Waals surface area contributed by atoms with E-state index in [0.717, 1.165) is 92.1 Å². The molecule has 2 fully saturated rings. The lowest BCUT2D eigenvalue weighted by atomic mass is 9.88. The molecular weight excluding hydrogens is 709 g/mol. The number of aromatic hydroxyl groups is 1. The summed E-state index contributed by atoms with van der Waals surface area (Å²) in [5.41, 5.74) is 8.08. The molecule has 2 saturated heterocycles. The minimum Gasteiger partial charge on any atom is -0.508 e. The Kier molecular flexibility index (Phi) is 11.8. The van der Waals surface area contributed by atoms with Gasteiger partial charge in [0.05, 0.1) is 6.61 Å². The first-order valence-electron chi connectivity index (χ1n) is 19.5. The number of benzene rings is 4. The summed E-state index contributed by atoms with van der Waals surface area (Å²) in [7, 11) is 0. The van der Waals surface area contributed by atoms with Crippen molar-refractivity contribution in [1.29, 1.82) is 0 Å². The maximum Gasteiger partial charge on any atom is 0.421 e. The Labute approximate surface area is 327 Å². The van der Waals surface area contributed by atoms with Gasteiger partial charge in [0.1, 0.15) is 17.5 Å². The lowest BCUT2D eigenvalue weighted by molar-refractivity contribution is -0.149. The predicted molar refractivity (Wildman–Crippen MR) is 214 cm³/mol. The quantitative estimate of drug-likeness (QED) is 0.0821. The first-order valence-corrected chi connectivity index (χ1v) is 19.5. The lowest BCUT2D eigenvalue weighted by Crippen LogP contribution is -2.56. The number of piperidine rings is 1. The molecule has 3 heterocycles. The molecule has 0 radical (unpaired) electrons. The zero-order valence-corrected chi connectivity index (χ0v) is 31.7. The normalized spacial score (nSPS) is 17.9. The molecule has 7 rings (SSSR count). The molecule has 11 nitrogen and oxygen atoms in total. The second kappa shape index (κ2) is 17.2. The Bertz CT molecular complexity index is 2090. The molecule has 4 amide bonds. The van der Waals surface area contributed by atoms with Gasteiger partial charge in [0.15, 0.2) is 0 Å². The minimum atomic E-state index is -1.61. The number of carboxylic acid groups (broad SMARTS) is 1. The predicted octanol–water partition coefficient (Wildman–Crippen LogP) is 7.28. The summed E-state index contributed by atoms with van der Waals surface area (Å²) in [6, 6.07) is 30.9. The molecule has 0 bridgehead atoms. The number of amides is 4. The van der Waals surface area contributed by atoms with E-state index in [4.69, 9.17) is 4.74 Å². The van der Waals surface area contributed by atoms with Crippen LogP contribution in [0.4, 0.5) is 10.5 Å². The average molecular weight is 757 g/mol. The van der Waals surface area contributed by atoms with Crippen LogP contribution in [0.2, 0.25) is 0 Å². The molecule has 11 heteroatoms. The first kappa shape index (κ1) is 38.3. The number of piperazine rings is 1. The highest BCUT2D eigenvalue weighted by Crippen LogP contribution is 2.36. The Morgan fingerprint density at radius 2 is 1.50 bits per heavy atom. The maximum atomic E-state index is 13.2. The van der Waals surface area contributed by atoms with Crippen LogP contribution in [0.15, 0.2) is 97.1 Å². The molecule has 56 heavy (non-hydrogen) atoms. The summed E-state index contributed by atoms with van der Waals surface area (Å²) < 4.78 is 6.14. The van der Waals surface area contributed by atoms with Crippen LogP contribution in [0.25, 0.3) is 11.1 Å². The number of allylic oxidation sites excluding steroid dienone is 1. The average Bonchev–Trinajstić information content (AvgIpc) is 3.54. The number of phenolic OH excluding ortho intramolecular Hbond substituents is 1. The van der Waals surface area contributed by atoms with Gasteiger partial charge < -0.3 is 24.7 Å². The van der Waals surface area contributed by atoms with Crippen molar-refractivity contribution < 1.29 is 34.1 Å². The van der Waals surface area contributed by atoms with Gasteiger partial charge in [-0.3, -0.25) is 19.3 Å². The number of unbranched alkanes of at least 4 members (excludes halogenated alkanes) is 2. The number of hydrogen-bond donors (Lipinski definition) is 2. The fourth-order valence-electron chi connectivity index (χ4n) is 8.10. The third-order valence-electron chi connectivity index (χ3n) is 11.1. The van der Waals surface area contributed by atoms with E-state index in [1.54, 1.807) is 18.2 Å². The number of likely N-dealkylation sites (tertiary alicyclic amines) is 1. The van der Waals surface area contributed by atoms with Gasteiger partial charge in [0.25, 0.3) is 11.8 Å². The van der Waals surface area contributed by atoms with E-state index in [2.05, 4.69) is 53.1 Å². The summed E-state index contributed by atoms with van der Waals surface area (Å²) in [5, 5.41) is 19.3. The molecule has 4 aromatic rings. The van der Waals surface area contributed by atoms with Crippen molar-refractivity contribution in [3.8, 4) is 11.5 Å². The number of ether oxygens (including phenoxy) is 1. The van der Waals surface area contributed by atoms with Crippen molar-refractivity contribution in [2.45, 2.75) is 58.0 Å². The van der Waals surface area contributed by atoms with Crippen molar-refractivity contribution in [3.63, 3.8) is 0 Å². The molecular formula is C45H48N4O7. The smallest absolute Gasteiger partial charge is 0.421 e. The van der Waals surface area contributed by atoms with Crippen LogP contribution in [0, 0.1) is 0 Å². The largest absolute Gasteiger partial charge is 0.508 e. The van der Waals surface area contributed by atoms with Crippen molar-refractivity contribution in [1.82, 2.24) is 14.7 Å². The fraction of sp³-hybridized carbons (Fsp3) is 0.333. The summed E-state index contributed by atoms with van der Waals surface area (Å²) in [5.74, 6) is -0.827. The standard InChI is InChI=1S/C45H48N4O7/c1-2-38(31-9-5-3-6-10-31)42(32-11-16-36(50)17-12-32)33-13-18-37(19-14-33)56-28-8-4-7-23-46-24-26-47(27-25-46)35-15-20-39-34(29-35)30-48(43(39)52)40-21-22-41(51)49(44(40)53)45(54)55/h3,5-6,9-20,29,40,50H,2,4,7-8,21-28,30H2,1H3,(H,54,55)/t40-/m0/s1. The lowest BCUT2D eigenvalue weighted by Gasteiger charge is -2.36. The number of phenols is 1. The Morgan fingerprint density at radius 1 is 0.804 bits per heavy atom. The van der Waals surface area contributed by atoms with Crippen LogP contribution >= 0.6 is 0 Å². The number of imide groups is 3. The summed E-state index contributed by atoms with van der Waals surface area (Å²) in [6.45, 7) is 7.66. The van der Waals surface area contributed by atoms with E-state index in [1.807, 2.05) is 42.5 Å². The second-order valence-electron chi connectivity index (χ2n) is 14.6. The van der Waals surface area contributed by atoms with Crippen LogP contribution in [0.3, 0.4) is 0 Å². The van der Waals surface area contributed by atoms with E-state index < -0.39 is 23.9 Å². The van der Waals surface area contributed by atoms with Gasteiger partial charge >= 0.3 is 6.09 Å². The topological polar surface area (TPSA) is 131 Å². The molecule has 0 saturated carbocycles. The minimum absolute atomic E-state index is 0.0973. The van der Waals surface area contributed by atoms with Gasteiger partial charge in [-0.1, -0.05) is 61.5 Å². The number of anilines is 1. The van der Waals surface area contributed by atoms with E-state index in [1.165, 1.54) is 16.0 Å². The zero-order chi connectivity index (χ0) is 39.2. The molecule has 3 aliphatic rings. The Hall–Kier alpha value is -5.94. The van der Waals surface area contributed by atoms with E-state index >= 15 is 0 Å². The molecule has 4 aromatic carbocycles. The Morgan fingerprint density at radius 3 is 2.18 bits per heavy atom. The maximum absolute atomic E-state index is 13.2. The van der Waals surface area contributed by atoms with Crippen molar-refractivity contribution >= 4 is 40.6 Å². The molecule has 0 spiro atoms. The molecule has 0 aromatic heterocycles. The number of carbonyl (C=O) groups excluding carboxylic acids is 3. The number of nitrogens with zero attached hydrogens (tertiary/aromatic N) is 4. The Balaban J connectivity index is 0.856. The first-order chi connectivity index (χ1) is 27.2. The van der Waals surface area contributed by atoms with Crippen molar-refractivity contribution in [3.05, 3.63) is 125 Å². The van der Waals surface area contributed by atoms with Crippen molar-refractivity contribution in [2.24, 2.45) is 0 Å². The van der Waals surface area contributed by atoms with E-state index in [9.17, 15) is 29.4 Å². The second-order valence-corrected chi connectivity index (χ2v) is 14.6. The summed E-state index contributed by atoms with van der Waals surface area (Å²) in [4.78, 5) is 56.0.